The maximum atomic E-state index is 10.7. The van der Waals surface area contributed by atoms with Crippen LogP contribution < -0.4 is 5.73 Å². The van der Waals surface area contributed by atoms with Crippen molar-refractivity contribution in [2.75, 3.05) is 5.73 Å². The number of fused-ring (bicyclic) bond motifs is 1. The number of aromatic nitrogens is 4. The largest absolute Gasteiger partial charge is 0.476 e. The van der Waals surface area contributed by atoms with Crippen LogP contribution in [0.4, 0.5) is 5.95 Å². The van der Waals surface area contributed by atoms with Crippen LogP contribution in [0, 0.1) is 6.92 Å². The molecule has 0 aliphatic heterocycles. The maximum Gasteiger partial charge on any atom is 0.356 e. The molecule has 0 fully saturated rings. The van der Waals surface area contributed by atoms with E-state index in [-0.39, 0.29) is 17.2 Å². The predicted molar refractivity (Wildman–Crippen MR) is 47.8 cm³/mol. The molecule has 2 aromatic heterocycles. The van der Waals surface area contributed by atoms with Gasteiger partial charge in [-0.05, 0) is 6.92 Å². The predicted octanol–water partition coefficient (Wildman–Crippen LogP) is -0.0583. The molecule has 0 spiro atoms. The zero-order valence-electron chi connectivity index (χ0n) is 7.27. The SMILES string of the molecule is Cc1nc(N)nc2c(C(=O)O)[nH]nc12. The van der Waals surface area contributed by atoms with Gasteiger partial charge in [0, 0.05) is 0 Å². The van der Waals surface area contributed by atoms with Crippen molar-refractivity contribution >= 4 is 23.0 Å². The first-order valence-electron chi connectivity index (χ1n) is 3.81. The number of aryl methyl sites for hydroxylation is 1. The van der Waals surface area contributed by atoms with E-state index in [4.69, 9.17) is 10.8 Å². The molecule has 2 aromatic rings. The van der Waals surface area contributed by atoms with Gasteiger partial charge in [-0.2, -0.15) is 5.10 Å². The number of carbonyl (C=O) groups is 1. The van der Waals surface area contributed by atoms with Crippen LogP contribution >= 0.6 is 0 Å². The minimum atomic E-state index is -1.12. The van der Waals surface area contributed by atoms with Gasteiger partial charge in [-0.15, -0.1) is 0 Å². The van der Waals surface area contributed by atoms with Gasteiger partial charge in [0.25, 0.3) is 0 Å². The van der Waals surface area contributed by atoms with Crippen LogP contribution in [0.1, 0.15) is 16.2 Å². The molecule has 72 valence electrons. The molecule has 0 unspecified atom stereocenters. The monoisotopic (exact) mass is 193 g/mol. The molecule has 0 saturated heterocycles. The number of aromatic amines is 1. The van der Waals surface area contributed by atoms with Crippen molar-refractivity contribution in [1.29, 1.82) is 0 Å². The number of carboxylic acid groups (broad SMARTS) is 1. The average molecular weight is 193 g/mol. The van der Waals surface area contributed by atoms with Crippen molar-refractivity contribution in [3.8, 4) is 0 Å². The number of hydrogen-bond donors (Lipinski definition) is 3. The summed E-state index contributed by atoms with van der Waals surface area (Å²) in [6.07, 6.45) is 0. The Morgan fingerprint density at radius 1 is 1.43 bits per heavy atom. The molecule has 0 aliphatic carbocycles. The van der Waals surface area contributed by atoms with Gasteiger partial charge in [0.05, 0.1) is 5.69 Å². The van der Waals surface area contributed by atoms with E-state index in [9.17, 15) is 4.79 Å². The van der Waals surface area contributed by atoms with Crippen LogP contribution in [0.5, 0.6) is 0 Å². The number of rotatable bonds is 1. The summed E-state index contributed by atoms with van der Waals surface area (Å²) < 4.78 is 0. The molecule has 0 amide bonds. The van der Waals surface area contributed by atoms with Crippen LogP contribution in [0.3, 0.4) is 0 Å². The fourth-order valence-corrected chi connectivity index (χ4v) is 1.21. The summed E-state index contributed by atoms with van der Waals surface area (Å²) in [7, 11) is 0. The molecule has 0 radical (unpaired) electrons. The third kappa shape index (κ3) is 1.06. The Labute approximate surface area is 78.0 Å². The number of anilines is 1. The quantitative estimate of drug-likeness (QED) is 0.584. The van der Waals surface area contributed by atoms with E-state index >= 15 is 0 Å². The van der Waals surface area contributed by atoms with Crippen molar-refractivity contribution in [2.24, 2.45) is 0 Å². The lowest BCUT2D eigenvalue weighted by Gasteiger charge is -1.95. The third-order valence-corrected chi connectivity index (χ3v) is 1.81. The number of nitrogens with one attached hydrogen (secondary N) is 1. The van der Waals surface area contributed by atoms with Crippen molar-refractivity contribution in [1.82, 2.24) is 20.2 Å². The standard InChI is InChI=1S/C7H7N5O2/c1-2-3-4(10-7(8)9-2)5(6(13)14)12-11-3/h1H3,(H,11,12)(H,13,14)(H2,8,9,10). The Bertz CT molecular complexity index is 518. The molecule has 7 nitrogen and oxygen atoms in total. The number of nitrogens with zero attached hydrogens (tertiary/aromatic N) is 3. The number of H-pyrrole nitrogens is 1. The summed E-state index contributed by atoms with van der Waals surface area (Å²) in [6, 6.07) is 0. The smallest absolute Gasteiger partial charge is 0.356 e. The summed E-state index contributed by atoms with van der Waals surface area (Å²) in [6.45, 7) is 1.69. The second-order valence-corrected chi connectivity index (χ2v) is 2.77. The molecule has 2 rings (SSSR count). The van der Waals surface area contributed by atoms with E-state index in [0.29, 0.717) is 11.2 Å². The summed E-state index contributed by atoms with van der Waals surface area (Å²) >= 11 is 0. The van der Waals surface area contributed by atoms with Gasteiger partial charge >= 0.3 is 5.97 Å². The molecule has 0 aliphatic rings. The van der Waals surface area contributed by atoms with Gasteiger partial charge in [-0.1, -0.05) is 0 Å². The van der Waals surface area contributed by atoms with Crippen LogP contribution in [-0.4, -0.2) is 31.2 Å². The first-order valence-corrected chi connectivity index (χ1v) is 3.81. The Kier molecular flexibility index (Phi) is 1.60. The highest BCUT2D eigenvalue weighted by Crippen LogP contribution is 2.16. The van der Waals surface area contributed by atoms with Gasteiger partial charge in [-0.25, -0.2) is 14.8 Å². The van der Waals surface area contributed by atoms with Gasteiger partial charge in [-0.3, -0.25) is 5.10 Å². The zero-order valence-corrected chi connectivity index (χ0v) is 7.27. The van der Waals surface area contributed by atoms with Gasteiger partial charge < -0.3 is 10.8 Å². The number of carboxylic acids is 1. The molecular weight excluding hydrogens is 186 g/mol. The van der Waals surface area contributed by atoms with Crippen molar-refractivity contribution in [3.05, 3.63) is 11.4 Å². The number of aromatic carboxylic acids is 1. The first-order chi connectivity index (χ1) is 6.59. The van der Waals surface area contributed by atoms with Gasteiger partial charge in [0.2, 0.25) is 5.95 Å². The van der Waals surface area contributed by atoms with Crippen LogP contribution in [-0.2, 0) is 0 Å². The van der Waals surface area contributed by atoms with Crippen LogP contribution in [0.25, 0.3) is 11.0 Å². The second-order valence-electron chi connectivity index (χ2n) is 2.77. The molecule has 0 bridgehead atoms. The van der Waals surface area contributed by atoms with Crippen LogP contribution in [0.15, 0.2) is 0 Å². The van der Waals surface area contributed by atoms with E-state index < -0.39 is 5.97 Å². The molecule has 7 heteroatoms. The summed E-state index contributed by atoms with van der Waals surface area (Å²) in [5.74, 6) is -1.08. The lowest BCUT2D eigenvalue weighted by atomic mass is 10.3. The maximum absolute atomic E-state index is 10.7. The minimum Gasteiger partial charge on any atom is -0.476 e. The molecular formula is C7H7N5O2. The van der Waals surface area contributed by atoms with E-state index in [1.165, 1.54) is 0 Å². The Morgan fingerprint density at radius 2 is 2.14 bits per heavy atom. The van der Waals surface area contributed by atoms with E-state index in [1.807, 2.05) is 0 Å². The average Bonchev–Trinajstić information content (AvgIpc) is 2.47. The van der Waals surface area contributed by atoms with E-state index in [2.05, 4.69) is 20.2 Å². The fourth-order valence-electron chi connectivity index (χ4n) is 1.21. The highest BCUT2D eigenvalue weighted by molar-refractivity contribution is 5.99. The third-order valence-electron chi connectivity index (χ3n) is 1.81. The number of nitrogens with two attached hydrogens (primary N) is 1. The molecule has 0 atom stereocenters. The topological polar surface area (TPSA) is 118 Å². The zero-order chi connectivity index (χ0) is 10.3. The number of nitrogen functional groups attached to an aromatic ring is 1. The highest BCUT2D eigenvalue weighted by atomic mass is 16.4. The second kappa shape index (κ2) is 2.66. The lowest BCUT2D eigenvalue weighted by molar-refractivity contribution is 0.0692. The van der Waals surface area contributed by atoms with Crippen LogP contribution in [0.2, 0.25) is 0 Å². The van der Waals surface area contributed by atoms with Gasteiger partial charge in [0.1, 0.15) is 11.0 Å². The first kappa shape index (κ1) is 8.42. The highest BCUT2D eigenvalue weighted by Gasteiger charge is 2.15. The summed E-state index contributed by atoms with van der Waals surface area (Å²) in [5, 5.41) is 14.9. The Balaban J connectivity index is 2.85. The normalized spacial score (nSPS) is 10.6. The fraction of sp³-hybridized carbons (Fsp3) is 0.143. The Morgan fingerprint density at radius 3 is 2.79 bits per heavy atom. The summed E-state index contributed by atoms with van der Waals surface area (Å²) in [4.78, 5) is 18.4. The molecule has 2 heterocycles. The summed E-state index contributed by atoms with van der Waals surface area (Å²) in [5.41, 5.74) is 6.54. The van der Waals surface area contributed by atoms with E-state index in [1.54, 1.807) is 6.92 Å². The van der Waals surface area contributed by atoms with E-state index in [0.717, 1.165) is 0 Å². The van der Waals surface area contributed by atoms with Crippen molar-refractivity contribution in [3.63, 3.8) is 0 Å². The minimum absolute atomic E-state index is 0.0406. The van der Waals surface area contributed by atoms with Gasteiger partial charge in [0.15, 0.2) is 5.69 Å². The molecule has 0 aromatic carbocycles. The van der Waals surface area contributed by atoms with Crippen molar-refractivity contribution < 1.29 is 9.90 Å². The van der Waals surface area contributed by atoms with Crippen molar-refractivity contribution in [2.45, 2.75) is 6.92 Å². The molecule has 14 heavy (non-hydrogen) atoms. The number of hydrogen-bond acceptors (Lipinski definition) is 5. The molecule has 0 saturated carbocycles. The lowest BCUT2D eigenvalue weighted by Crippen LogP contribution is -2.01. The molecule has 4 N–H and O–H groups in total. The Hall–Kier alpha value is -2.18.